The molecular weight excluding hydrogens is 318 g/mol. The number of aromatic nitrogens is 2. The van der Waals surface area contributed by atoms with Crippen LogP contribution in [0.2, 0.25) is 0 Å². The molecule has 2 N–H and O–H groups in total. The third kappa shape index (κ3) is 3.93. The van der Waals surface area contributed by atoms with Gasteiger partial charge in [-0.15, -0.1) is 0 Å². The van der Waals surface area contributed by atoms with Crippen LogP contribution in [-0.2, 0) is 7.05 Å². The number of nitrogens with zero attached hydrogens (tertiary/aromatic N) is 4. The molecule has 2 rings (SSSR count). The largest absolute Gasteiger partial charge is 0.394 e. The number of nitro groups is 1. The summed E-state index contributed by atoms with van der Waals surface area (Å²) in [6.07, 6.45) is 1.33. The maximum atomic E-state index is 11.7. The maximum absolute atomic E-state index is 11.7. The number of hydrogen-bond donors (Lipinski definition) is 2. The number of nitro benzene ring substituents is 1. The van der Waals surface area contributed by atoms with Gasteiger partial charge in [0.15, 0.2) is 0 Å². The van der Waals surface area contributed by atoms with Crippen molar-refractivity contribution in [3.8, 4) is 0 Å². The third-order valence-corrected chi connectivity index (χ3v) is 3.15. The van der Waals surface area contributed by atoms with Gasteiger partial charge >= 0.3 is 5.69 Å². The Kier molecular flexibility index (Phi) is 5.22. The summed E-state index contributed by atoms with van der Waals surface area (Å²) < 4.78 is 0.894. The van der Waals surface area contributed by atoms with Gasteiger partial charge < -0.3 is 5.11 Å². The summed E-state index contributed by atoms with van der Waals surface area (Å²) in [7, 11) is 1.33. The Morgan fingerprint density at radius 2 is 2.17 bits per heavy atom. The fourth-order valence-corrected chi connectivity index (χ4v) is 1.87. The van der Waals surface area contributed by atoms with Gasteiger partial charge in [0.2, 0.25) is 0 Å². The van der Waals surface area contributed by atoms with Gasteiger partial charge in [-0.1, -0.05) is 12.1 Å². The number of hydrogen-bond acceptors (Lipinski definition) is 7. The van der Waals surface area contributed by atoms with Gasteiger partial charge in [0, 0.05) is 30.8 Å². The topological polar surface area (TPSA) is 134 Å². The van der Waals surface area contributed by atoms with E-state index in [9.17, 15) is 19.7 Å². The van der Waals surface area contributed by atoms with Crippen molar-refractivity contribution in [3.63, 3.8) is 0 Å². The Morgan fingerprint density at radius 3 is 2.79 bits per heavy atom. The molecule has 126 valence electrons. The molecule has 10 nitrogen and oxygen atoms in total. The van der Waals surface area contributed by atoms with Gasteiger partial charge in [0.1, 0.15) is 5.82 Å². The first-order chi connectivity index (χ1) is 11.4. The lowest BCUT2D eigenvalue weighted by atomic mass is 10.2. The highest BCUT2D eigenvalue weighted by molar-refractivity contribution is 5.81. The number of nitrogens with one attached hydrogen (secondary N) is 1. The van der Waals surface area contributed by atoms with E-state index in [4.69, 9.17) is 5.11 Å². The Balaban J connectivity index is 2.35. The van der Waals surface area contributed by atoms with E-state index in [-0.39, 0.29) is 24.7 Å². The minimum absolute atomic E-state index is 0.0224. The summed E-state index contributed by atoms with van der Waals surface area (Å²) in [4.78, 5) is 36.0. The number of aliphatic hydroxyl groups excluding tert-OH is 1. The smallest absolute Gasteiger partial charge is 0.329 e. The van der Waals surface area contributed by atoms with Crippen molar-refractivity contribution in [1.29, 1.82) is 0 Å². The zero-order chi connectivity index (χ0) is 17.7. The molecule has 10 heteroatoms. The Hall–Kier alpha value is -3.27. The van der Waals surface area contributed by atoms with Crippen molar-refractivity contribution in [2.45, 2.75) is 0 Å². The molecule has 0 bridgehead atoms. The normalized spacial score (nSPS) is 10.9. The molecule has 0 fully saturated rings. The highest BCUT2D eigenvalue weighted by atomic mass is 16.6. The Morgan fingerprint density at radius 1 is 1.42 bits per heavy atom. The zero-order valence-corrected chi connectivity index (χ0v) is 12.7. The first-order valence-corrected chi connectivity index (χ1v) is 6.89. The molecule has 0 aliphatic carbocycles. The van der Waals surface area contributed by atoms with Crippen molar-refractivity contribution < 1.29 is 10.0 Å². The number of anilines is 1. The minimum atomic E-state index is -0.619. The second kappa shape index (κ2) is 7.33. The number of H-pyrrole nitrogens is 1. The molecule has 0 aliphatic rings. The molecular formula is C14H15N5O5. The van der Waals surface area contributed by atoms with Crippen LogP contribution in [0, 0.1) is 10.1 Å². The van der Waals surface area contributed by atoms with E-state index in [1.807, 2.05) is 0 Å². The standard InChI is InChI=1S/C14H15N5O5/c1-17-13(21)8-12(16-14(17)22)18(5-6-20)15-9-10-3-2-4-11(7-10)19(23)24/h2-4,7-9,20H,5-6H2,1H3,(H,16,22)/b15-9+. The SMILES string of the molecule is Cn1c(=O)cc(N(CCO)/N=C/c2cccc([N+](=O)[O-])c2)[nH]c1=O. The van der Waals surface area contributed by atoms with E-state index >= 15 is 0 Å². The summed E-state index contributed by atoms with van der Waals surface area (Å²) >= 11 is 0. The zero-order valence-electron chi connectivity index (χ0n) is 12.7. The number of rotatable bonds is 6. The number of hydrazone groups is 1. The first kappa shape index (κ1) is 17.1. The average molecular weight is 333 g/mol. The van der Waals surface area contributed by atoms with Crippen LogP contribution in [0.4, 0.5) is 11.5 Å². The van der Waals surface area contributed by atoms with Crippen molar-refractivity contribution >= 4 is 17.7 Å². The highest BCUT2D eigenvalue weighted by Gasteiger charge is 2.09. The van der Waals surface area contributed by atoms with E-state index in [1.165, 1.54) is 42.5 Å². The number of aromatic amines is 1. The van der Waals surface area contributed by atoms with Gasteiger partial charge in [0.05, 0.1) is 24.3 Å². The molecule has 0 atom stereocenters. The maximum Gasteiger partial charge on any atom is 0.329 e. The Bertz CT molecular complexity index is 854. The molecule has 0 unspecified atom stereocenters. The van der Waals surface area contributed by atoms with Crippen LogP contribution >= 0.6 is 0 Å². The van der Waals surface area contributed by atoms with E-state index < -0.39 is 16.2 Å². The van der Waals surface area contributed by atoms with E-state index in [1.54, 1.807) is 6.07 Å². The monoisotopic (exact) mass is 333 g/mol. The van der Waals surface area contributed by atoms with Crippen molar-refractivity contribution in [2.75, 3.05) is 18.2 Å². The van der Waals surface area contributed by atoms with Crippen molar-refractivity contribution in [2.24, 2.45) is 12.1 Å². The number of benzene rings is 1. The summed E-state index contributed by atoms with van der Waals surface area (Å²) in [5.41, 5.74) is -0.777. The van der Waals surface area contributed by atoms with E-state index in [0.717, 1.165) is 4.57 Å². The Labute approximate surface area is 135 Å². The fourth-order valence-electron chi connectivity index (χ4n) is 1.87. The van der Waals surface area contributed by atoms with Crippen LogP contribution in [0.15, 0.2) is 45.0 Å². The van der Waals surface area contributed by atoms with Crippen molar-refractivity contribution in [3.05, 3.63) is 66.8 Å². The van der Waals surface area contributed by atoms with Crippen LogP contribution in [0.5, 0.6) is 0 Å². The minimum Gasteiger partial charge on any atom is -0.394 e. The second-order valence-electron chi connectivity index (χ2n) is 4.80. The summed E-state index contributed by atoms with van der Waals surface area (Å²) in [5, 5.41) is 25.2. The van der Waals surface area contributed by atoms with E-state index in [2.05, 4.69) is 10.1 Å². The van der Waals surface area contributed by atoms with Crippen LogP contribution in [0.3, 0.4) is 0 Å². The van der Waals surface area contributed by atoms with Gasteiger partial charge in [-0.3, -0.25) is 24.5 Å². The first-order valence-electron chi connectivity index (χ1n) is 6.89. The summed E-state index contributed by atoms with van der Waals surface area (Å²) in [5.74, 6) is 0.110. The van der Waals surface area contributed by atoms with Gasteiger partial charge in [-0.25, -0.2) is 9.80 Å². The highest BCUT2D eigenvalue weighted by Crippen LogP contribution is 2.12. The van der Waals surface area contributed by atoms with E-state index in [0.29, 0.717) is 5.56 Å². The number of non-ortho nitro benzene ring substituents is 1. The van der Waals surface area contributed by atoms with Crippen LogP contribution in [0.1, 0.15) is 5.56 Å². The molecule has 1 heterocycles. The molecule has 24 heavy (non-hydrogen) atoms. The quantitative estimate of drug-likeness (QED) is 0.428. The molecule has 0 saturated carbocycles. The number of aliphatic hydroxyl groups is 1. The molecule has 0 amide bonds. The molecule has 0 aliphatic heterocycles. The van der Waals surface area contributed by atoms with Gasteiger partial charge in [0.25, 0.3) is 11.2 Å². The molecule has 1 aromatic heterocycles. The third-order valence-electron chi connectivity index (χ3n) is 3.15. The molecule has 1 aromatic carbocycles. The summed E-state index contributed by atoms with van der Waals surface area (Å²) in [6, 6.07) is 6.97. The van der Waals surface area contributed by atoms with Crippen LogP contribution in [-0.4, -0.2) is 38.9 Å². The predicted octanol–water partition coefficient (Wildman–Crippen LogP) is -0.185. The average Bonchev–Trinajstić information content (AvgIpc) is 2.56. The second-order valence-corrected chi connectivity index (χ2v) is 4.80. The summed E-state index contributed by atoms with van der Waals surface area (Å²) in [6.45, 7) is -0.252. The predicted molar refractivity (Wildman–Crippen MR) is 87.4 cm³/mol. The van der Waals surface area contributed by atoms with Crippen molar-refractivity contribution in [1.82, 2.24) is 9.55 Å². The molecule has 2 aromatic rings. The van der Waals surface area contributed by atoms with Gasteiger partial charge in [-0.2, -0.15) is 5.10 Å². The van der Waals surface area contributed by atoms with Crippen LogP contribution < -0.4 is 16.3 Å². The lowest BCUT2D eigenvalue weighted by molar-refractivity contribution is -0.384. The molecule has 0 spiro atoms. The lowest BCUT2D eigenvalue weighted by Crippen LogP contribution is -2.35. The molecule has 0 saturated heterocycles. The van der Waals surface area contributed by atoms with Gasteiger partial charge in [-0.05, 0) is 0 Å². The lowest BCUT2D eigenvalue weighted by Gasteiger charge is -2.17. The molecule has 0 radical (unpaired) electrons. The van der Waals surface area contributed by atoms with Crippen LogP contribution in [0.25, 0.3) is 0 Å². The fraction of sp³-hybridized carbons (Fsp3) is 0.214.